The fourth-order valence-corrected chi connectivity index (χ4v) is 3.20. The number of nitrogens with one attached hydrogen (secondary N) is 1. The Hall–Kier alpha value is -2.80. The number of hydrogen-bond acceptors (Lipinski definition) is 5. The van der Waals surface area contributed by atoms with Crippen molar-refractivity contribution in [2.45, 2.75) is 11.8 Å². The monoisotopic (exact) mass is 359 g/mol. The van der Waals surface area contributed by atoms with Gasteiger partial charge in [0.25, 0.3) is 5.91 Å². The Bertz CT molecular complexity index is 1070. The molecule has 3 rings (SSSR count). The molecule has 0 aliphatic rings. The third-order valence-electron chi connectivity index (χ3n) is 3.87. The molecule has 0 atom stereocenters. The van der Waals surface area contributed by atoms with Crippen LogP contribution >= 0.6 is 0 Å². The molecule has 25 heavy (non-hydrogen) atoms. The number of fused-ring (bicyclic) bond motifs is 1. The quantitative estimate of drug-likeness (QED) is 0.771. The Morgan fingerprint density at radius 1 is 1.16 bits per heavy atom. The summed E-state index contributed by atoms with van der Waals surface area (Å²) >= 11 is 0. The number of carbonyl (C=O) groups is 1. The highest BCUT2D eigenvalue weighted by molar-refractivity contribution is 7.90. The Balaban J connectivity index is 1.94. The molecule has 0 unspecified atom stereocenters. The number of hydrogen-bond donors (Lipinski definition) is 1. The maximum absolute atomic E-state index is 12.5. The van der Waals surface area contributed by atoms with Gasteiger partial charge in [0, 0.05) is 22.9 Å². The largest absolute Gasteiger partial charge is 0.497 e. The summed E-state index contributed by atoms with van der Waals surface area (Å²) in [5.74, 6) is 0.399. The van der Waals surface area contributed by atoms with E-state index in [0.29, 0.717) is 22.6 Å². The van der Waals surface area contributed by atoms with Crippen LogP contribution < -0.4 is 10.1 Å². The molecule has 7 heteroatoms. The standard InChI is InChI=1S/C18H17NO5S/c1-11-15-10-13(23-2)7-8-16(15)24-17(11)18(20)19-12-5-4-6-14(9-12)25(3,21)22/h4-10H,1-3H3,(H,19,20). The molecule has 1 amide bonds. The molecule has 1 N–H and O–H groups in total. The summed E-state index contributed by atoms with van der Waals surface area (Å²) in [4.78, 5) is 12.7. The smallest absolute Gasteiger partial charge is 0.291 e. The molecule has 1 heterocycles. The average molecular weight is 359 g/mol. The average Bonchev–Trinajstić information content (AvgIpc) is 2.91. The van der Waals surface area contributed by atoms with Crippen LogP contribution in [0.4, 0.5) is 5.69 Å². The van der Waals surface area contributed by atoms with Crippen molar-refractivity contribution in [3.63, 3.8) is 0 Å². The van der Waals surface area contributed by atoms with E-state index >= 15 is 0 Å². The summed E-state index contributed by atoms with van der Waals surface area (Å²) in [5, 5.41) is 3.46. The summed E-state index contributed by atoms with van der Waals surface area (Å²) in [6, 6.07) is 11.4. The van der Waals surface area contributed by atoms with Gasteiger partial charge >= 0.3 is 0 Å². The molecule has 0 saturated carbocycles. The minimum absolute atomic E-state index is 0.136. The summed E-state index contributed by atoms with van der Waals surface area (Å²) in [5.41, 5.74) is 1.64. The van der Waals surface area contributed by atoms with Crippen LogP contribution in [0.15, 0.2) is 51.8 Å². The maximum atomic E-state index is 12.5. The first-order chi connectivity index (χ1) is 11.8. The van der Waals surface area contributed by atoms with Crippen LogP contribution in [-0.4, -0.2) is 27.7 Å². The van der Waals surface area contributed by atoms with E-state index in [2.05, 4.69) is 5.32 Å². The number of rotatable bonds is 4. The molecule has 2 aromatic carbocycles. The van der Waals surface area contributed by atoms with Gasteiger partial charge in [-0.25, -0.2) is 8.42 Å². The third-order valence-corrected chi connectivity index (χ3v) is 4.98. The predicted molar refractivity (Wildman–Crippen MR) is 95.0 cm³/mol. The highest BCUT2D eigenvalue weighted by atomic mass is 32.2. The molecule has 0 spiro atoms. The second-order valence-corrected chi connectivity index (χ2v) is 7.69. The first kappa shape index (κ1) is 17.0. The first-order valence-corrected chi connectivity index (χ1v) is 9.37. The molecular formula is C18H17NO5S. The van der Waals surface area contributed by atoms with Crippen LogP contribution in [0.5, 0.6) is 5.75 Å². The molecule has 6 nitrogen and oxygen atoms in total. The van der Waals surface area contributed by atoms with E-state index in [1.165, 1.54) is 12.1 Å². The van der Waals surface area contributed by atoms with Crippen molar-refractivity contribution in [3.8, 4) is 5.75 Å². The Morgan fingerprint density at radius 2 is 1.92 bits per heavy atom. The minimum Gasteiger partial charge on any atom is -0.497 e. The Morgan fingerprint density at radius 3 is 2.60 bits per heavy atom. The number of ether oxygens (including phenoxy) is 1. The Labute approximate surface area is 145 Å². The molecule has 0 saturated heterocycles. The molecule has 0 fully saturated rings. The van der Waals surface area contributed by atoms with Crippen LogP contribution in [0.3, 0.4) is 0 Å². The number of aryl methyl sites for hydroxylation is 1. The number of anilines is 1. The molecule has 0 radical (unpaired) electrons. The van der Waals surface area contributed by atoms with Gasteiger partial charge in [-0.1, -0.05) is 6.07 Å². The SMILES string of the molecule is COc1ccc2oc(C(=O)Nc3cccc(S(C)(=O)=O)c3)c(C)c2c1. The molecule has 0 aliphatic heterocycles. The first-order valence-electron chi connectivity index (χ1n) is 7.48. The van der Waals surface area contributed by atoms with Gasteiger partial charge in [-0.3, -0.25) is 4.79 Å². The molecular weight excluding hydrogens is 342 g/mol. The number of furan rings is 1. The van der Waals surface area contributed by atoms with E-state index in [-0.39, 0.29) is 10.7 Å². The van der Waals surface area contributed by atoms with Gasteiger partial charge in [0.05, 0.1) is 12.0 Å². The molecule has 1 aromatic heterocycles. The van der Waals surface area contributed by atoms with Gasteiger partial charge in [-0.05, 0) is 43.3 Å². The van der Waals surface area contributed by atoms with Gasteiger partial charge in [-0.15, -0.1) is 0 Å². The zero-order valence-electron chi connectivity index (χ0n) is 14.0. The van der Waals surface area contributed by atoms with Gasteiger partial charge in [0.2, 0.25) is 0 Å². The number of carbonyl (C=O) groups excluding carboxylic acids is 1. The van der Waals surface area contributed by atoms with E-state index in [4.69, 9.17) is 9.15 Å². The molecule has 3 aromatic rings. The number of methoxy groups -OCH3 is 1. The predicted octanol–water partition coefficient (Wildman–Crippen LogP) is 3.41. The van der Waals surface area contributed by atoms with Crippen LogP contribution in [0.25, 0.3) is 11.0 Å². The van der Waals surface area contributed by atoms with Gasteiger partial charge in [0.1, 0.15) is 11.3 Å². The van der Waals surface area contributed by atoms with Crippen molar-refractivity contribution in [2.24, 2.45) is 0 Å². The highest BCUT2D eigenvalue weighted by Gasteiger charge is 2.19. The van der Waals surface area contributed by atoms with Crippen LogP contribution in [0.2, 0.25) is 0 Å². The lowest BCUT2D eigenvalue weighted by Gasteiger charge is -2.05. The summed E-state index contributed by atoms with van der Waals surface area (Å²) in [6.45, 7) is 1.78. The summed E-state index contributed by atoms with van der Waals surface area (Å²) in [6.07, 6.45) is 1.12. The fraction of sp³-hybridized carbons (Fsp3) is 0.167. The van der Waals surface area contributed by atoms with Crippen molar-refractivity contribution in [3.05, 3.63) is 53.8 Å². The number of sulfone groups is 1. The van der Waals surface area contributed by atoms with Gasteiger partial charge in [0.15, 0.2) is 15.6 Å². The van der Waals surface area contributed by atoms with E-state index < -0.39 is 15.7 Å². The van der Waals surface area contributed by atoms with Crippen LogP contribution in [-0.2, 0) is 9.84 Å². The van der Waals surface area contributed by atoms with Gasteiger partial charge < -0.3 is 14.5 Å². The van der Waals surface area contributed by atoms with Crippen molar-refractivity contribution in [2.75, 3.05) is 18.7 Å². The Kier molecular flexibility index (Phi) is 4.26. The lowest BCUT2D eigenvalue weighted by molar-refractivity contribution is 0.0998. The van der Waals surface area contributed by atoms with Gasteiger partial charge in [-0.2, -0.15) is 0 Å². The second-order valence-electron chi connectivity index (χ2n) is 5.67. The zero-order chi connectivity index (χ0) is 18.2. The van der Waals surface area contributed by atoms with Crippen molar-refractivity contribution in [1.82, 2.24) is 0 Å². The zero-order valence-corrected chi connectivity index (χ0v) is 14.8. The minimum atomic E-state index is -3.35. The molecule has 130 valence electrons. The van der Waals surface area contributed by atoms with E-state index in [1.54, 1.807) is 44.4 Å². The molecule has 0 bridgehead atoms. The maximum Gasteiger partial charge on any atom is 0.291 e. The topological polar surface area (TPSA) is 85.6 Å². The van der Waals surface area contributed by atoms with Crippen LogP contribution in [0.1, 0.15) is 16.1 Å². The van der Waals surface area contributed by atoms with Crippen molar-refractivity contribution < 1.29 is 22.4 Å². The lowest BCUT2D eigenvalue weighted by Crippen LogP contribution is -2.12. The van der Waals surface area contributed by atoms with Crippen LogP contribution in [0, 0.1) is 6.92 Å². The number of benzene rings is 2. The van der Waals surface area contributed by atoms with E-state index in [1.807, 2.05) is 0 Å². The third kappa shape index (κ3) is 3.36. The van der Waals surface area contributed by atoms with E-state index in [9.17, 15) is 13.2 Å². The summed E-state index contributed by atoms with van der Waals surface area (Å²) in [7, 11) is -1.78. The fourth-order valence-electron chi connectivity index (χ4n) is 2.54. The van der Waals surface area contributed by atoms with E-state index in [0.717, 1.165) is 11.6 Å². The van der Waals surface area contributed by atoms with Crippen molar-refractivity contribution in [1.29, 1.82) is 0 Å². The molecule has 0 aliphatic carbocycles. The summed E-state index contributed by atoms with van der Waals surface area (Å²) < 4.78 is 34.1. The normalized spacial score (nSPS) is 11.5. The number of amides is 1. The lowest BCUT2D eigenvalue weighted by atomic mass is 10.1. The second kappa shape index (κ2) is 6.25. The van der Waals surface area contributed by atoms with Crippen molar-refractivity contribution >= 4 is 32.4 Å². The highest BCUT2D eigenvalue weighted by Crippen LogP contribution is 2.29.